The fourth-order valence-corrected chi connectivity index (χ4v) is 1.48. The van der Waals surface area contributed by atoms with E-state index in [9.17, 15) is 9.59 Å². The van der Waals surface area contributed by atoms with Gasteiger partial charge < -0.3 is 24.8 Å². The van der Waals surface area contributed by atoms with Crippen LogP contribution in [0.3, 0.4) is 0 Å². The van der Waals surface area contributed by atoms with Crippen molar-refractivity contribution in [1.29, 1.82) is 0 Å². The molecule has 1 rings (SSSR count). The lowest BCUT2D eigenvalue weighted by atomic mass is 10.2. The number of nitrogens with one attached hydrogen (secondary N) is 2. The monoisotopic (exact) mass is 296 g/mol. The van der Waals surface area contributed by atoms with Gasteiger partial charge >= 0.3 is 12.0 Å². The van der Waals surface area contributed by atoms with Crippen LogP contribution in [0.2, 0.25) is 0 Å². The highest BCUT2D eigenvalue weighted by Gasteiger charge is 2.13. The van der Waals surface area contributed by atoms with Crippen LogP contribution in [0, 0.1) is 0 Å². The van der Waals surface area contributed by atoms with Crippen LogP contribution in [-0.2, 0) is 14.2 Å². The second-order valence-corrected chi connectivity index (χ2v) is 3.94. The molecule has 2 amide bonds. The van der Waals surface area contributed by atoms with Gasteiger partial charge in [0.15, 0.2) is 0 Å². The fourth-order valence-electron chi connectivity index (χ4n) is 1.48. The molecule has 0 spiro atoms. The molecule has 0 aliphatic carbocycles. The lowest BCUT2D eigenvalue weighted by Crippen LogP contribution is -2.31. The minimum absolute atomic E-state index is 0.0523. The van der Waals surface area contributed by atoms with Crippen molar-refractivity contribution in [2.75, 3.05) is 39.0 Å². The highest BCUT2D eigenvalue weighted by molar-refractivity contribution is 6.00. The van der Waals surface area contributed by atoms with Gasteiger partial charge in [0.25, 0.3) is 0 Å². The molecule has 2 N–H and O–H groups in total. The molecule has 0 unspecified atom stereocenters. The number of methoxy groups -OCH3 is 1. The normalized spacial score (nSPS) is 10.0. The van der Waals surface area contributed by atoms with E-state index in [-0.39, 0.29) is 13.3 Å². The van der Waals surface area contributed by atoms with Crippen molar-refractivity contribution in [3.8, 4) is 0 Å². The smallest absolute Gasteiger partial charge is 0.340 e. The molecule has 1 aromatic rings. The number of benzene rings is 1. The minimum atomic E-state index is -0.482. The Balaban J connectivity index is 2.50. The third-order valence-electron chi connectivity index (χ3n) is 2.44. The van der Waals surface area contributed by atoms with E-state index in [0.717, 1.165) is 0 Å². The largest absolute Gasteiger partial charge is 0.462 e. The van der Waals surface area contributed by atoms with Crippen molar-refractivity contribution in [3.63, 3.8) is 0 Å². The first-order valence-corrected chi connectivity index (χ1v) is 6.56. The van der Waals surface area contributed by atoms with Gasteiger partial charge in [0.05, 0.1) is 31.1 Å². The number of hydrogen-bond donors (Lipinski definition) is 2. The Bertz CT molecular complexity index is 464. The quantitative estimate of drug-likeness (QED) is 0.432. The van der Waals surface area contributed by atoms with E-state index >= 15 is 0 Å². The number of esters is 1. The van der Waals surface area contributed by atoms with Gasteiger partial charge in [-0.05, 0) is 19.1 Å². The molecule has 0 radical (unpaired) electrons. The van der Waals surface area contributed by atoms with E-state index in [2.05, 4.69) is 10.6 Å². The molecule has 0 fully saturated rings. The molecule has 0 heterocycles. The predicted molar refractivity (Wildman–Crippen MR) is 77.2 cm³/mol. The summed E-state index contributed by atoms with van der Waals surface area (Å²) < 4.78 is 14.8. The van der Waals surface area contributed by atoms with E-state index in [1.165, 1.54) is 0 Å². The Labute approximate surface area is 123 Å². The van der Waals surface area contributed by atoms with Gasteiger partial charge in [-0.1, -0.05) is 12.1 Å². The second kappa shape index (κ2) is 9.73. The minimum Gasteiger partial charge on any atom is -0.462 e. The number of amides is 2. The molecule has 1 aromatic carbocycles. The van der Waals surface area contributed by atoms with Crippen molar-refractivity contribution < 1.29 is 23.8 Å². The lowest BCUT2D eigenvalue weighted by molar-refractivity contribution is 0.0527. The van der Waals surface area contributed by atoms with Gasteiger partial charge in [-0.3, -0.25) is 0 Å². The summed E-state index contributed by atoms with van der Waals surface area (Å²) in [6.45, 7) is 2.88. The zero-order valence-electron chi connectivity index (χ0n) is 12.2. The summed E-state index contributed by atoms with van der Waals surface area (Å²) in [5.74, 6) is -0.482. The number of carbonyl (C=O) groups excluding carboxylic acids is 2. The average molecular weight is 296 g/mol. The van der Waals surface area contributed by atoms with E-state index in [1.807, 2.05) is 0 Å². The summed E-state index contributed by atoms with van der Waals surface area (Å²) in [6, 6.07) is 6.15. The molecule has 7 nitrogen and oxygen atoms in total. The van der Waals surface area contributed by atoms with E-state index < -0.39 is 12.0 Å². The highest BCUT2D eigenvalue weighted by Crippen LogP contribution is 2.15. The number of carbonyl (C=O) groups is 2. The molecule has 0 atom stereocenters. The van der Waals surface area contributed by atoms with Crippen molar-refractivity contribution >= 4 is 17.7 Å². The first-order chi connectivity index (χ1) is 10.2. The Morgan fingerprint density at radius 3 is 2.67 bits per heavy atom. The van der Waals surface area contributed by atoms with Crippen LogP contribution in [0.15, 0.2) is 24.3 Å². The van der Waals surface area contributed by atoms with Crippen molar-refractivity contribution in [2.24, 2.45) is 0 Å². The molecule has 0 saturated carbocycles. The van der Waals surface area contributed by atoms with Crippen molar-refractivity contribution in [2.45, 2.75) is 6.92 Å². The molecular formula is C14H20N2O5. The summed E-state index contributed by atoms with van der Waals surface area (Å²) in [5, 5.41) is 5.09. The maximum atomic E-state index is 11.7. The SMILES string of the molecule is CCOC(=O)c1ccccc1NC(=O)NCOCCOC. The molecule has 0 aliphatic heterocycles. The summed E-state index contributed by atoms with van der Waals surface area (Å²) in [7, 11) is 1.57. The van der Waals surface area contributed by atoms with Crippen LogP contribution in [0.5, 0.6) is 0 Å². The Kier molecular flexibility index (Phi) is 7.85. The molecule has 7 heteroatoms. The van der Waals surface area contributed by atoms with Crippen LogP contribution in [0.4, 0.5) is 10.5 Å². The van der Waals surface area contributed by atoms with Gasteiger partial charge in [-0.15, -0.1) is 0 Å². The third kappa shape index (κ3) is 6.24. The second-order valence-electron chi connectivity index (χ2n) is 3.94. The third-order valence-corrected chi connectivity index (χ3v) is 2.44. The van der Waals surface area contributed by atoms with Gasteiger partial charge in [-0.25, -0.2) is 9.59 Å². The zero-order chi connectivity index (χ0) is 15.5. The molecule has 116 valence electrons. The van der Waals surface area contributed by atoms with Crippen molar-refractivity contribution in [3.05, 3.63) is 29.8 Å². The molecular weight excluding hydrogens is 276 g/mol. The predicted octanol–water partition coefficient (Wildman–Crippen LogP) is 1.61. The van der Waals surface area contributed by atoms with Crippen LogP contribution in [0.1, 0.15) is 17.3 Å². The van der Waals surface area contributed by atoms with E-state index in [1.54, 1.807) is 38.3 Å². The Morgan fingerprint density at radius 1 is 1.19 bits per heavy atom. The first-order valence-electron chi connectivity index (χ1n) is 6.56. The van der Waals surface area contributed by atoms with Gasteiger partial charge in [0.1, 0.15) is 6.73 Å². The number of urea groups is 1. The molecule has 21 heavy (non-hydrogen) atoms. The zero-order valence-corrected chi connectivity index (χ0v) is 12.2. The fraction of sp³-hybridized carbons (Fsp3) is 0.429. The molecule has 0 aromatic heterocycles. The summed E-state index contributed by atoms with van der Waals surface area (Å²) in [5.41, 5.74) is 0.681. The molecule has 0 saturated heterocycles. The number of anilines is 1. The topological polar surface area (TPSA) is 85.9 Å². The van der Waals surface area contributed by atoms with Crippen LogP contribution >= 0.6 is 0 Å². The number of ether oxygens (including phenoxy) is 3. The van der Waals surface area contributed by atoms with Gasteiger partial charge in [0.2, 0.25) is 0 Å². The van der Waals surface area contributed by atoms with E-state index in [4.69, 9.17) is 14.2 Å². The molecule has 0 bridgehead atoms. The summed E-state index contributed by atoms with van der Waals surface area (Å²) >= 11 is 0. The number of para-hydroxylation sites is 1. The first kappa shape index (κ1) is 16.9. The maximum absolute atomic E-state index is 11.7. The van der Waals surface area contributed by atoms with Crippen LogP contribution < -0.4 is 10.6 Å². The van der Waals surface area contributed by atoms with E-state index in [0.29, 0.717) is 24.5 Å². The maximum Gasteiger partial charge on any atom is 0.340 e. The van der Waals surface area contributed by atoms with Gasteiger partial charge in [-0.2, -0.15) is 0 Å². The standard InChI is InChI=1S/C14H20N2O5/c1-3-21-13(17)11-6-4-5-7-12(11)16-14(18)15-10-20-9-8-19-2/h4-7H,3,8-10H2,1-2H3,(H2,15,16,18). The number of rotatable bonds is 8. The number of hydrogen-bond acceptors (Lipinski definition) is 5. The highest BCUT2D eigenvalue weighted by atomic mass is 16.5. The molecule has 0 aliphatic rings. The van der Waals surface area contributed by atoms with Crippen molar-refractivity contribution in [1.82, 2.24) is 5.32 Å². The van der Waals surface area contributed by atoms with Crippen LogP contribution in [0.25, 0.3) is 0 Å². The Hall–Kier alpha value is -2.12. The average Bonchev–Trinajstić information content (AvgIpc) is 2.48. The summed E-state index contributed by atoms with van der Waals surface area (Å²) in [6.07, 6.45) is 0. The van der Waals surface area contributed by atoms with Crippen LogP contribution in [-0.4, -0.2) is 45.7 Å². The lowest BCUT2D eigenvalue weighted by Gasteiger charge is -2.11. The summed E-state index contributed by atoms with van der Waals surface area (Å²) in [4.78, 5) is 23.4. The van der Waals surface area contributed by atoms with Gasteiger partial charge in [0, 0.05) is 7.11 Å². The Morgan fingerprint density at radius 2 is 1.95 bits per heavy atom.